The predicted molar refractivity (Wildman–Crippen MR) is 131 cm³/mol. The molecular formula is C26H40N4O3. The Bertz CT molecular complexity index is 841. The maximum atomic E-state index is 13.6. The molecule has 7 nitrogen and oxygen atoms in total. The van der Waals surface area contributed by atoms with Crippen LogP contribution in [0.3, 0.4) is 0 Å². The molecule has 2 saturated heterocycles. The van der Waals surface area contributed by atoms with Gasteiger partial charge in [0.25, 0.3) is 5.91 Å². The number of rotatable bonds is 7. The van der Waals surface area contributed by atoms with Crippen molar-refractivity contribution in [2.75, 3.05) is 37.7 Å². The van der Waals surface area contributed by atoms with Gasteiger partial charge in [-0.2, -0.15) is 0 Å². The molecule has 2 fully saturated rings. The van der Waals surface area contributed by atoms with Crippen LogP contribution in [0.5, 0.6) is 0 Å². The van der Waals surface area contributed by atoms with E-state index in [4.69, 9.17) is 0 Å². The van der Waals surface area contributed by atoms with E-state index in [0.717, 1.165) is 12.1 Å². The van der Waals surface area contributed by atoms with Crippen LogP contribution in [0, 0.1) is 11.3 Å². The van der Waals surface area contributed by atoms with Crippen LogP contribution < -0.4 is 10.2 Å². The summed E-state index contributed by atoms with van der Waals surface area (Å²) < 4.78 is 0. The molecule has 0 aromatic heterocycles. The minimum absolute atomic E-state index is 0.00851. The highest BCUT2D eigenvalue weighted by Gasteiger charge is 2.54. The Hall–Kier alpha value is -2.57. The van der Waals surface area contributed by atoms with Gasteiger partial charge in [0.05, 0.1) is 6.67 Å². The van der Waals surface area contributed by atoms with Crippen molar-refractivity contribution in [2.45, 2.75) is 65.8 Å². The number of carbonyl (C=O) groups excluding carboxylic acids is 3. The number of benzene rings is 1. The Kier molecular flexibility index (Phi) is 7.70. The van der Waals surface area contributed by atoms with E-state index in [1.54, 1.807) is 4.90 Å². The number of hydrogen-bond donors (Lipinski definition) is 1. The van der Waals surface area contributed by atoms with Crippen molar-refractivity contribution in [3.8, 4) is 0 Å². The zero-order chi connectivity index (χ0) is 24.2. The van der Waals surface area contributed by atoms with Crippen molar-refractivity contribution in [1.82, 2.24) is 15.1 Å². The molecule has 2 aliphatic heterocycles. The molecule has 3 amide bonds. The van der Waals surface area contributed by atoms with E-state index < -0.39 is 5.54 Å². The molecule has 1 aromatic rings. The third-order valence-corrected chi connectivity index (χ3v) is 6.72. The number of para-hydroxylation sites is 1. The second-order valence-corrected chi connectivity index (χ2v) is 10.8. The van der Waals surface area contributed by atoms with Crippen LogP contribution in [0.25, 0.3) is 0 Å². The van der Waals surface area contributed by atoms with Crippen molar-refractivity contribution in [2.24, 2.45) is 11.3 Å². The van der Waals surface area contributed by atoms with E-state index in [-0.39, 0.29) is 29.7 Å². The van der Waals surface area contributed by atoms with Crippen LogP contribution in [0.2, 0.25) is 0 Å². The number of anilines is 1. The van der Waals surface area contributed by atoms with Gasteiger partial charge in [0.15, 0.2) is 0 Å². The lowest BCUT2D eigenvalue weighted by atomic mass is 9.83. The summed E-state index contributed by atoms with van der Waals surface area (Å²) in [6, 6.07) is 9.91. The lowest BCUT2D eigenvalue weighted by Crippen LogP contribution is -2.57. The van der Waals surface area contributed by atoms with Gasteiger partial charge in [-0.1, -0.05) is 45.9 Å². The maximum absolute atomic E-state index is 13.6. The molecule has 7 heteroatoms. The molecule has 1 spiro atoms. The van der Waals surface area contributed by atoms with Crippen LogP contribution in [0.15, 0.2) is 30.3 Å². The summed E-state index contributed by atoms with van der Waals surface area (Å²) in [5, 5.41) is 2.79. The fourth-order valence-electron chi connectivity index (χ4n) is 5.42. The minimum atomic E-state index is -0.707. The molecule has 1 N–H and O–H groups in total. The number of nitrogens with zero attached hydrogens (tertiary/aromatic N) is 3. The lowest BCUT2D eigenvalue weighted by molar-refractivity contribution is -0.140. The van der Waals surface area contributed by atoms with Crippen molar-refractivity contribution in [1.29, 1.82) is 0 Å². The summed E-state index contributed by atoms with van der Waals surface area (Å²) in [5.41, 5.74) is 0.468. The third kappa shape index (κ3) is 5.87. The van der Waals surface area contributed by atoms with Crippen LogP contribution in [0.1, 0.15) is 60.3 Å². The molecule has 2 aliphatic rings. The highest BCUT2D eigenvalue weighted by Crippen LogP contribution is 2.39. The normalized spacial score (nSPS) is 19.2. The first kappa shape index (κ1) is 25.1. The highest BCUT2D eigenvalue weighted by atomic mass is 16.2. The van der Waals surface area contributed by atoms with Crippen molar-refractivity contribution in [3.63, 3.8) is 0 Å². The summed E-state index contributed by atoms with van der Waals surface area (Å²) in [7, 11) is 0. The quantitative estimate of drug-likeness (QED) is 0.684. The highest BCUT2D eigenvalue weighted by molar-refractivity contribution is 5.96. The molecule has 0 bridgehead atoms. The smallest absolute Gasteiger partial charge is 0.250 e. The van der Waals surface area contributed by atoms with Gasteiger partial charge in [0.2, 0.25) is 11.8 Å². The second-order valence-electron chi connectivity index (χ2n) is 10.8. The van der Waals surface area contributed by atoms with E-state index in [2.05, 4.69) is 37.9 Å². The summed E-state index contributed by atoms with van der Waals surface area (Å²) in [6.45, 7) is 12.7. The predicted octanol–water partition coefficient (Wildman–Crippen LogP) is 3.25. The van der Waals surface area contributed by atoms with Gasteiger partial charge >= 0.3 is 0 Å². The van der Waals surface area contributed by atoms with Gasteiger partial charge in [-0.25, -0.2) is 0 Å². The molecular weight excluding hydrogens is 416 g/mol. The number of piperidine rings is 1. The fraction of sp³-hybridized carbons (Fsp3) is 0.654. The first-order valence-corrected chi connectivity index (χ1v) is 12.2. The third-order valence-electron chi connectivity index (χ3n) is 6.72. The van der Waals surface area contributed by atoms with E-state index in [9.17, 15) is 14.4 Å². The van der Waals surface area contributed by atoms with Gasteiger partial charge in [-0.05, 0) is 49.7 Å². The number of carbonyl (C=O) groups is 3. The Morgan fingerprint density at radius 2 is 1.76 bits per heavy atom. The molecule has 33 heavy (non-hydrogen) atoms. The van der Waals surface area contributed by atoms with E-state index >= 15 is 0 Å². The molecule has 0 saturated carbocycles. The van der Waals surface area contributed by atoms with Gasteiger partial charge in [-0.15, -0.1) is 0 Å². The van der Waals surface area contributed by atoms with Crippen molar-refractivity contribution >= 4 is 23.4 Å². The molecule has 0 aliphatic carbocycles. The number of hydrogen-bond acceptors (Lipinski definition) is 4. The van der Waals surface area contributed by atoms with Crippen LogP contribution in [-0.4, -0.2) is 65.9 Å². The monoisotopic (exact) mass is 456 g/mol. The van der Waals surface area contributed by atoms with Crippen LogP contribution >= 0.6 is 0 Å². The summed E-state index contributed by atoms with van der Waals surface area (Å²) in [4.78, 5) is 44.5. The topological polar surface area (TPSA) is 73.0 Å². The maximum Gasteiger partial charge on any atom is 0.250 e. The molecule has 2 heterocycles. The molecule has 3 rings (SSSR count). The van der Waals surface area contributed by atoms with Gasteiger partial charge in [0, 0.05) is 31.7 Å². The number of nitrogens with one attached hydrogen (secondary N) is 1. The molecule has 182 valence electrons. The first-order valence-electron chi connectivity index (χ1n) is 12.2. The standard InChI is InChI=1S/C26H40N4O3/c1-6-27-22(31)18-29-19-30(21-10-8-7-9-11-21)26(24(29)33)12-14-28(15-13-26)23(32)16-20(2)17-25(3,4)5/h7-11,20H,6,12-19H2,1-5H3,(H,27,31). The van der Waals surface area contributed by atoms with Crippen LogP contribution in [0.4, 0.5) is 5.69 Å². The van der Waals surface area contributed by atoms with E-state index in [1.165, 1.54) is 0 Å². The Morgan fingerprint density at radius 3 is 2.33 bits per heavy atom. The average Bonchev–Trinajstić information content (AvgIpc) is 2.99. The van der Waals surface area contributed by atoms with E-state index in [0.29, 0.717) is 51.5 Å². The molecule has 1 unspecified atom stereocenters. The molecule has 1 aromatic carbocycles. The summed E-state index contributed by atoms with van der Waals surface area (Å²) >= 11 is 0. The Morgan fingerprint density at radius 1 is 1.12 bits per heavy atom. The number of likely N-dealkylation sites (N-methyl/N-ethyl adjacent to an activating group) is 1. The summed E-state index contributed by atoms with van der Waals surface area (Å²) in [6.07, 6.45) is 2.70. The summed E-state index contributed by atoms with van der Waals surface area (Å²) in [5.74, 6) is 0.356. The largest absolute Gasteiger partial charge is 0.355 e. The minimum Gasteiger partial charge on any atom is -0.355 e. The molecule has 0 radical (unpaired) electrons. The second kappa shape index (κ2) is 10.1. The van der Waals surface area contributed by atoms with Crippen LogP contribution in [-0.2, 0) is 14.4 Å². The number of likely N-dealkylation sites (tertiary alicyclic amines) is 1. The Labute approximate surface area is 198 Å². The zero-order valence-electron chi connectivity index (χ0n) is 20.9. The zero-order valence-corrected chi connectivity index (χ0v) is 20.9. The fourth-order valence-corrected chi connectivity index (χ4v) is 5.42. The van der Waals surface area contributed by atoms with Crippen molar-refractivity contribution in [3.05, 3.63) is 30.3 Å². The van der Waals surface area contributed by atoms with Gasteiger partial charge in [0.1, 0.15) is 12.1 Å². The van der Waals surface area contributed by atoms with Gasteiger partial charge in [-0.3, -0.25) is 14.4 Å². The average molecular weight is 457 g/mol. The number of amides is 3. The van der Waals surface area contributed by atoms with Gasteiger partial charge < -0.3 is 20.0 Å². The SMILES string of the molecule is CCNC(=O)CN1CN(c2ccccc2)C2(CCN(C(=O)CC(C)CC(C)(C)C)CC2)C1=O. The Balaban J connectivity index is 1.73. The first-order chi connectivity index (χ1) is 15.6. The van der Waals surface area contributed by atoms with E-state index in [1.807, 2.05) is 42.2 Å². The molecule has 1 atom stereocenters. The van der Waals surface area contributed by atoms with Crippen molar-refractivity contribution < 1.29 is 14.4 Å². The lowest BCUT2D eigenvalue weighted by Gasteiger charge is -2.43.